The highest BCUT2D eigenvalue weighted by molar-refractivity contribution is 5.41. The summed E-state index contributed by atoms with van der Waals surface area (Å²) in [5, 5.41) is 0. The van der Waals surface area contributed by atoms with Gasteiger partial charge in [-0.05, 0) is 55.3 Å². The first-order valence-corrected chi connectivity index (χ1v) is 6.14. The Kier molecular flexibility index (Phi) is 2.28. The fourth-order valence-corrected chi connectivity index (χ4v) is 3.27. The molecule has 1 heteroatoms. The van der Waals surface area contributed by atoms with E-state index in [-0.39, 0.29) is 0 Å². The van der Waals surface area contributed by atoms with Crippen molar-refractivity contribution in [2.75, 3.05) is 20.1 Å². The normalized spacial score (nSPS) is 25.8. The topological polar surface area (TPSA) is 3.24 Å². The van der Waals surface area contributed by atoms with Crippen molar-refractivity contribution in [3.05, 3.63) is 34.9 Å². The van der Waals surface area contributed by atoms with Crippen LogP contribution in [-0.4, -0.2) is 25.0 Å². The van der Waals surface area contributed by atoms with Gasteiger partial charge in [0.15, 0.2) is 0 Å². The number of likely N-dealkylation sites (N-methyl/N-ethyl adjacent to an activating group) is 1. The molecule has 80 valence electrons. The number of hydrogen-bond donors (Lipinski definition) is 0. The molecule has 0 bridgehead atoms. The third-order valence-corrected chi connectivity index (χ3v) is 3.99. The second-order valence-corrected chi connectivity index (χ2v) is 5.09. The molecular formula is C14H19N. The Labute approximate surface area is 92.1 Å². The van der Waals surface area contributed by atoms with Crippen molar-refractivity contribution in [3.8, 4) is 0 Å². The first-order chi connectivity index (χ1) is 7.34. The van der Waals surface area contributed by atoms with Gasteiger partial charge >= 0.3 is 0 Å². The van der Waals surface area contributed by atoms with Gasteiger partial charge in [0.2, 0.25) is 0 Å². The molecular weight excluding hydrogens is 182 g/mol. The van der Waals surface area contributed by atoms with Crippen molar-refractivity contribution in [2.45, 2.75) is 31.6 Å². The number of benzene rings is 1. The van der Waals surface area contributed by atoms with Crippen LogP contribution in [-0.2, 0) is 12.8 Å². The summed E-state index contributed by atoms with van der Waals surface area (Å²) in [6.45, 7) is 2.50. The average Bonchev–Trinajstić information content (AvgIpc) is 2.41. The average molecular weight is 201 g/mol. The number of rotatable bonds is 0. The van der Waals surface area contributed by atoms with Crippen molar-refractivity contribution in [3.63, 3.8) is 0 Å². The maximum Gasteiger partial charge on any atom is 0.00475 e. The Morgan fingerprint density at radius 2 is 2.00 bits per heavy atom. The van der Waals surface area contributed by atoms with Crippen LogP contribution in [0.25, 0.3) is 0 Å². The second-order valence-electron chi connectivity index (χ2n) is 5.09. The highest BCUT2D eigenvalue weighted by atomic mass is 15.1. The maximum absolute atomic E-state index is 2.50. The van der Waals surface area contributed by atoms with Crippen molar-refractivity contribution in [2.24, 2.45) is 0 Å². The van der Waals surface area contributed by atoms with Crippen molar-refractivity contribution >= 4 is 0 Å². The predicted octanol–water partition coefficient (Wildman–Crippen LogP) is 2.59. The largest absolute Gasteiger partial charge is 0.305 e. The summed E-state index contributed by atoms with van der Waals surface area (Å²) in [5.41, 5.74) is 4.98. The molecule has 0 amide bonds. The number of nitrogens with zero attached hydrogens (tertiary/aromatic N) is 1. The van der Waals surface area contributed by atoms with E-state index in [0.717, 1.165) is 5.92 Å². The van der Waals surface area contributed by atoms with Gasteiger partial charge in [-0.15, -0.1) is 0 Å². The zero-order valence-electron chi connectivity index (χ0n) is 9.50. The molecule has 2 aliphatic rings. The molecule has 1 atom stereocenters. The minimum absolute atomic E-state index is 0.817. The van der Waals surface area contributed by atoms with E-state index in [4.69, 9.17) is 0 Å². The van der Waals surface area contributed by atoms with Gasteiger partial charge in [-0.1, -0.05) is 18.2 Å². The van der Waals surface area contributed by atoms with Gasteiger partial charge in [0.25, 0.3) is 0 Å². The lowest BCUT2D eigenvalue weighted by molar-refractivity contribution is 0.313. The molecule has 1 aromatic rings. The first kappa shape index (κ1) is 9.41. The molecule has 15 heavy (non-hydrogen) atoms. The summed E-state index contributed by atoms with van der Waals surface area (Å²) >= 11 is 0. The predicted molar refractivity (Wildman–Crippen MR) is 63.3 cm³/mol. The van der Waals surface area contributed by atoms with Crippen molar-refractivity contribution < 1.29 is 0 Å². The molecule has 0 unspecified atom stereocenters. The Balaban J connectivity index is 2.09. The third-order valence-electron chi connectivity index (χ3n) is 3.99. The third kappa shape index (κ3) is 1.59. The summed E-state index contributed by atoms with van der Waals surface area (Å²) < 4.78 is 0. The molecule has 3 rings (SSSR count). The minimum atomic E-state index is 0.817. The monoisotopic (exact) mass is 201 g/mol. The molecule has 0 saturated heterocycles. The summed E-state index contributed by atoms with van der Waals surface area (Å²) in [5.74, 6) is 0.817. The lowest BCUT2D eigenvalue weighted by Gasteiger charge is -2.27. The Hall–Kier alpha value is -0.820. The van der Waals surface area contributed by atoms with Gasteiger partial charge in [-0.25, -0.2) is 0 Å². The SMILES string of the molecule is CN1CCc2cccc3c2[C@@H](CCC3)C1. The molecule has 0 N–H and O–H groups in total. The van der Waals surface area contributed by atoms with E-state index in [0.29, 0.717) is 0 Å². The molecule has 0 saturated carbocycles. The van der Waals surface area contributed by atoms with Crippen LogP contribution >= 0.6 is 0 Å². The Morgan fingerprint density at radius 1 is 1.20 bits per heavy atom. The van der Waals surface area contributed by atoms with Gasteiger partial charge in [0.05, 0.1) is 0 Å². The first-order valence-electron chi connectivity index (χ1n) is 6.14. The quantitative estimate of drug-likeness (QED) is 0.623. The highest BCUT2D eigenvalue weighted by Gasteiger charge is 2.26. The number of hydrogen-bond acceptors (Lipinski definition) is 1. The molecule has 1 heterocycles. The van der Waals surface area contributed by atoms with Crippen LogP contribution in [0.3, 0.4) is 0 Å². The standard InChI is InChI=1S/C14H19N/c1-15-9-8-12-6-2-4-11-5-3-7-13(10-15)14(11)12/h2,4,6,13H,3,5,7-10H2,1H3/t13-/m0/s1. The van der Waals surface area contributed by atoms with Crippen molar-refractivity contribution in [1.82, 2.24) is 4.90 Å². The second kappa shape index (κ2) is 3.64. The molecule has 1 aliphatic heterocycles. The summed E-state index contributed by atoms with van der Waals surface area (Å²) in [6, 6.07) is 6.94. The zero-order chi connectivity index (χ0) is 10.3. The smallest absolute Gasteiger partial charge is 0.00475 e. The van der Waals surface area contributed by atoms with Gasteiger partial charge in [-0.3, -0.25) is 0 Å². The van der Waals surface area contributed by atoms with Crippen LogP contribution < -0.4 is 0 Å². The molecule has 0 fully saturated rings. The van der Waals surface area contributed by atoms with E-state index in [1.807, 2.05) is 0 Å². The van der Waals surface area contributed by atoms with Crippen LogP contribution in [0.4, 0.5) is 0 Å². The zero-order valence-corrected chi connectivity index (χ0v) is 9.50. The lowest BCUT2D eigenvalue weighted by Crippen LogP contribution is -2.25. The minimum Gasteiger partial charge on any atom is -0.305 e. The van der Waals surface area contributed by atoms with Gasteiger partial charge in [0, 0.05) is 13.1 Å². The fourth-order valence-electron chi connectivity index (χ4n) is 3.27. The highest BCUT2D eigenvalue weighted by Crippen LogP contribution is 2.36. The molecule has 1 nitrogen and oxygen atoms in total. The van der Waals surface area contributed by atoms with E-state index in [9.17, 15) is 0 Å². The van der Waals surface area contributed by atoms with Gasteiger partial charge in [-0.2, -0.15) is 0 Å². The van der Waals surface area contributed by atoms with Crippen LogP contribution in [0.2, 0.25) is 0 Å². The van der Waals surface area contributed by atoms with Gasteiger partial charge in [0.1, 0.15) is 0 Å². The van der Waals surface area contributed by atoms with Crippen LogP contribution in [0.5, 0.6) is 0 Å². The van der Waals surface area contributed by atoms with Crippen LogP contribution in [0.15, 0.2) is 18.2 Å². The molecule has 1 aromatic carbocycles. The molecule has 1 aliphatic carbocycles. The van der Waals surface area contributed by atoms with Crippen molar-refractivity contribution in [1.29, 1.82) is 0 Å². The van der Waals surface area contributed by atoms with E-state index >= 15 is 0 Å². The number of aryl methyl sites for hydroxylation is 1. The van der Waals surface area contributed by atoms with Gasteiger partial charge < -0.3 is 4.90 Å². The van der Waals surface area contributed by atoms with E-state index in [1.54, 1.807) is 16.7 Å². The molecule has 0 spiro atoms. The van der Waals surface area contributed by atoms with Crippen LogP contribution in [0, 0.1) is 0 Å². The van der Waals surface area contributed by atoms with E-state index in [1.165, 1.54) is 38.8 Å². The van der Waals surface area contributed by atoms with E-state index < -0.39 is 0 Å². The maximum atomic E-state index is 2.50. The molecule has 0 radical (unpaired) electrons. The summed E-state index contributed by atoms with van der Waals surface area (Å²) in [4.78, 5) is 2.50. The fraction of sp³-hybridized carbons (Fsp3) is 0.571. The summed E-state index contributed by atoms with van der Waals surface area (Å²) in [6.07, 6.45) is 5.34. The Morgan fingerprint density at radius 3 is 2.87 bits per heavy atom. The lowest BCUT2D eigenvalue weighted by atomic mass is 9.80. The van der Waals surface area contributed by atoms with Crippen LogP contribution in [0.1, 0.15) is 35.4 Å². The van der Waals surface area contributed by atoms with E-state index in [2.05, 4.69) is 30.1 Å². The Bertz CT molecular complexity index is 370. The molecule has 0 aromatic heterocycles. The summed E-state index contributed by atoms with van der Waals surface area (Å²) in [7, 11) is 2.26.